The third-order valence-electron chi connectivity index (χ3n) is 5.29. The van der Waals surface area contributed by atoms with Crippen molar-refractivity contribution in [3.63, 3.8) is 0 Å². The first kappa shape index (κ1) is 20.4. The van der Waals surface area contributed by atoms with Crippen LogP contribution in [-0.2, 0) is 11.3 Å². The van der Waals surface area contributed by atoms with Gasteiger partial charge in [0.2, 0.25) is 0 Å². The van der Waals surface area contributed by atoms with Crippen molar-refractivity contribution in [2.45, 2.75) is 25.3 Å². The fraction of sp³-hybridized carbons (Fsp3) is 0.435. The number of hydrogen-bond acceptors (Lipinski definition) is 4. The van der Waals surface area contributed by atoms with E-state index in [1.807, 2.05) is 41.3 Å². The summed E-state index contributed by atoms with van der Waals surface area (Å²) >= 11 is 0. The van der Waals surface area contributed by atoms with E-state index in [0.717, 1.165) is 30.0 Å². The van der Waals surface area contributed by atoms with Crippen molar-refractivity contribution < 1.29 is 14.3 Å². The summed E-state index contributed by atoms with van der Waals surface area (Å²) in [6, 6.07) is 15.9. The van der Waals surface area contributed by atoms with Gasteiger partial charge in [0, 0.05) is 32.3 Å². The zero-order valence-corrected chi connectivity index (χ0v) is 16.8. The van der Waals surface area contributed by atoms with Gasteiger partial charge in [-0.15, -0.1) is 0 Å². The van der Waals surface area contributed by atoms with Crippen LogP contribution in [0.3, 0.4) is 0 Å². The molecule has 0 aliphatic carbocycles. The van der Waals surface area contributed by atoms with Crippen LogP contribution in [0.4, 0.5) is 0 Å². The predicted molar refractivity (Wildman–Crippen MR) is 111 cm³/mol. The summed E-state index contributed by atoms with van der Waals surface area (Å²) in [5, 5.41) is 3.45. The average Bonchev–Trinajstić information content (AvgIpc) is 2.77. The molecule has 3 rings (SSSR count). The first-order valence-corrected chi connectivity index (χ1v) is 9.93. The Hall–Kier alpha value is -2.37. The lowest BCUT2D eigenvalue weighted by atomic mass is 9.90. The highest BCUT2D eigenvalue weighted by Gasteiger charge is 2.20. The predicted octanol–water partition coefficient (Wildman–Crippen LogP) is 3.45. The largest absolute Gasteiger partial charge is 0.497 e. The topological polar surface area (TPSA) is 50.8 Å². The number of benzene rings is 2. The second-order valence-corrected chi connectivity index (χ2v) is 7.24. The highest BCUT2D eigenvalue weighted by Crippen LogP contribution is 2.24. The number of rotatable bonds is 8. The molecule has 2 aromatic rings. The van der Waals surface area contributed by atoms with E-state index < -0.39 is 0 Å². The standard InChI is InChI=1S/C23H30N2O3/c1-27-14-13-25(17-18-8-10-22(28-2)11-9-18)23(26)20-6-3-5-19(15-20)21-7-4-12-24-16-21/h3,5-6,8-11,15,21,24H,4,7,12-14,16-17H2,1-2H3/t21-/m0/s1. The number of ether oxygens (including phenoxy) is 2. The van der Waals surface area contributed by atoms with Gasteiger partial charge in [0.15, 0.2) is 0 Å². The van der Waals surface area contributed by atoms with Gasteiger partial charge in [-0.25, -0.2) is 0 Å². The smallest absolute Gasteiger partial charge is 0.254 e. The van der Waals surface area contributed by atoms with Gasteiger partial charge in [-0.1, -0.05) is 24.3 Å². The Bertz CT molecular complexity index is 755. The molecule has 1 heterocycles. The monoisotopic (exact) mass is 382 g/mol. The lowest BCUT2D eigenvalue weighted by molar-refractivity contribution is 0.0680. The first-order chi connectivity index (χ1) is 13.7. The SMILES string of the molecule is COCCN(Cc1ccc(OC)cc1)C(=O)c1cccc([C@H]2CCCNC2)c1. The molecular weight excluding hydrogens is 352 g/mol. The maximum Gasteiger partial charge on any atom is 0.254 e. The molecule has 1 fully saturated rings. The summed E-state index contributed by atoms with van der Waals surface area (Å²) in [6.07, 6.45) is 2.35. The minimum absolute atomic E-state index is 0.0403. The van der Waals surface area contributed by atoms with E-state index in [4.69, 9.17) is 9.47 Å². The number of hydrogen-bond donors (Lipinski definition) is 1. The lowest BCUT2D eigenvalue weighted by Crippen LogP contribution is -2.33. The molecule has 5 nitrogen and oxygen atoms in total. The van der Waals surface area contributed by atoms with Crippen LogP contribution in [0.15, 0.2) is 48.5 Å². The Labute approximate surface area is 167 Å². The van der Waals surface area contributed by atoms with Gasteiger partial charge < -0.3 is 19.7 Å². The van der Waals surface area contributed by atoms with Gasteiger partial charge in [0.1, 0.15) is 5.75 Å². The number of methoxy groups -OCH3 is 2. The summed E-state index contributed by atoms with van der Waals surface area (Å²) < 4.78 is 10.5. The Kier molecular flexibility index (Phi) is 7.46. The molecule has 1 amide bonds. The maximum absolute atomic E-state index is 13.2. The Morgan fingerprint density at radius 1 is 1.18 bits per heavy atom. The average molecular weight is 383 g/mol. The van der Waals surface area contributed by atoms with Crippen molar-refractivity contribution in [2.24, 2.45) is 0 Å². The summed E-state index contributed by atoms with van der Waals surface area (Å²) in [7, 11) is 3.31. The van der Waals surface area contributed by atoms with E-state index in [1.54, 1.807) is 14.2 Å². The number of amides is 1. The van der Waals surface area contributed by atoms with Gasteiger partial charge >= 0.3 is 0 Å². The summed E-state index contributed by atoms with van der Waals surface area (Å²) in [5.74, 6) is 1.33. The van der Waals surface area contributed by atoms with Gasteiger partial charge in [0.25, 0.3) is 5.91 Å². The first-order valence-electron chi connectivity index (χ1n) is 9.93. The van der Waals surface area contributed by atoms with E-state index in [9.17, 15) is 4.79 Å². The van der Waals surface area contributed by atoms with Crippen LogP contribution in [0.25, 0.3) is 0 Å². The van der Waals surface area contributed by atoms with Crippen LogP contribution in [0.2, 0.25) is 0 Å². The summed E-state index contributed by atoms with van der Waals surface area (Å²) in [4.78, 5) is 15.1. The molecule has 0 aromatic heterocycles. The number of nitrogens with zero attached hydrogens (tertiary/aromatic N) is 1. The zero-order valence-electron chi connectivity index (χ0n) is 16.8. The van der Waals surface area contributed by atoms with Crippen molar-refractivity contribution in [3.05, 3.63) is 65.2 Å². The van der Waals surface area contributed by atoms with E-state index >= 15 is 0 Å². The van der Waals surface area contributed by atoms with Crippen molar-refractivity contribution in [3.8, 4) is 5.75 Å². The third-order valence-corrected chi connectivity index (χ3v) is 5.29. The molecule has 2 aromatic carbocycles. The highest BCUT2D eigenvalue weighted by atomic mass is 16.5. The molecule has 1 N–H and O–H groups in total. The molecule has 1 aliphatic rings. The maximum atomic E-state index is 13.2. The fourth-order valence-electron chi connectivity index (χ4n) is 3.65. The number of nitrogens with one attached hydrogen (secondary N) is 1. The Morgan fingerprint density at radius 3 is 2.68 bits per heavy atom. The van der Waals surface area contributed by atoms with E-state index in [0.29, 0.717) is 25.6 Å². The molecule has 1 atom stereocenters. The molecule has 1 aliphatic heterocycles. The molecule has 0 unspecified atom stereocenters. The third kappa shape index (κ3) is 5.33. The van der Waals surface area contributed by atoms with E-state index in [1.165, 1.54) is 18.4 Å². The van der Waals surface area contributed by atoms with Crippen LogP contribution in [0.1, 0.15) is 40.2 Å². The van der Waals surface area contributed by atoms with Crippen LogP contribution < -0.4 is 10.1 Å². The molecule has 28 heavy (non-hydrogen) atoms. The van der Waals surface area contributed by atoms with Gasteiger partial charge in [0.05, 0.1) is 13.7 Å². The van der Waals surface area contributed by atoms with Gasteiger partial charge in [-0.05, 0) is 60.7 Å². The summed E-state index contributed by atoms with van der Waals surface area (Å²) in [5.41, 5.74) is 3.06. The molecule has 0 saturated carbocycles. The minimum atomic E-state index is 0.0403. The second kappa shape index (κ2) is 10.2. The summed E-state index contributed by atoms with van der Waals surface area (Å²) in [6.45, 7) is 3.67. The lowest BCUT2D eigenvalue weighted by Gasteiger charge is -2.25. The Balaban J connectivity index is 1.76. The minimum Gasteiger partial charge on any atom is -0.497 e. The van der Waals surface area contributed by atoms with Crippen molar-refractivity contribution in [1.82, 2.24) is 10.2 Å². The molecule has 0 bridgehead atoms. The van der Waals surface area contributed by atoms with E-state index in [-0.39, 0.29) is 5.91 Å². The highest BCUT2D eigenvalue weighted by molar-refractivity contribution is 5.94. The molecule has 1 saturated heterocycles. The molecule has 0 radical (unpaired) electrons. The molecule has 150 valence electrons. The van der Waals surface area contributed by atoms with Crippen LogP contribution >= 0.6 is 0 Å². The number of carbonyl (C=O) groups excluding carboxylic acids is 1. The number of piperidine rings is 1. The van der Waals surface area contributed by atoms with Gasteiger partial charge in [-0.2, -0.15) is 0 Å². The molecular formula is C23H30N2O3. The van der Waals surface area contributed by atoms with E-state index in [2.05, 4.69) is 17.4 Å². The van der Waals surface area contributed by atoms with Crippen molar-refractivity contribution in [1.29, 1.82) is 0 Å². The second-order valence-electron chi connectivity index (χ2n) is 7.24. The van der Waals surface area contributed by atoms with Crippen LogP contribution in [-0.4, -0.2) is 51.3 Å². The Morgan fingerprint density at radius 2 is 2.00 bits per heavy atom. The quantitative estimate of drug-likeness (QED) is 0.760. The van der Waals surface area contributed by atoms with Crippen LogP contribution in [0.5, 0.6) is 5.75 Å². The number of carbonyl (C=O) groups is 1. The fourth-order valence-corrected chi connectivity index (χ4v) is 3.65. The zero-order chi connectivity index (χ0) is 19.8. The normalized spacial score (nSPS) is 16.6. The van der Waals surface area contributed by atoms with Gasteiger partial charge in [-0.3, -0.25) is 4.79 Å². The van der Waals surface area contributed by atoms with Crippen LogP contribution in [0, 0.1) is 0 Å². The molecule has 0 spiro atoms. The molecule has 5 heteroatoms. The van der Waals surface area contributed by atoms with Crippen molar-refractivity contribution >= 4 is 5.91 Å². The van der Waals surface area contributed by atoms with Crippen molar-refractivity contribution in [2.75, 3.05) is 40.5 Å².